The Morgan fingerprint density at radius 1 is 1.30 bits per heavy atom. The Hall–Kier alpha value is -1.79. The molecule has 122 valence electrons. The Morgan fingerprint density at radius 3 is 2.87 bits per heavy atom. The molecular weight excluding hydrogens is 326 g/mol. The highest BCUT2D eigenvalue weighted by Crippen LogP contribution is 2.13. The number of aryl methyl sites for hydroxylation is 1. The molecule has 0 saturated carbocycles. The van der Waals surface area contributed by atoms with Gasteiger partial charge < -0.3 is 15.4 Å². The van der Waals surface area contributed by atoms with Crippen molar-refractivity contribution in [3.05, 3.63) is 53.7 Å². The minimum Gasteiger partial charge on any atom is -0.481 e. The highest BCUT2D eigenvalue weighted by atomic mass is 32.2. The normalized spacial score (nSPS) is 10.2. The van der Waals surface area contributed by atoms with Crippen molar-refractivity contribution in [3.8, 4) is 5.88 Å². The first-order valence-electron chi connectivity index (χ1n) is 7.35. The summed E-state index contributed by atoms with van der Waals surface area (Å²) < 4.78 is 5.02. The number of pyridine rings is 1. The molecule has 6 heteroatoms. The number of thiocarbonyl (C=S) groups is 1. The molecule has 0 atom stereocenters. The summed E-state index contributed by atoms with van der Waals surface area (Å²) >= 11 is 7.16. The number of aromatic nitrogens is 1. The third-order valence-electron chi connectivity index (χ3n) is 3.09. The van der Waals surface area contributed by atoms with Gasteiger partial charge in [-0.15, -0.1) is 0 Å². The van der Waals surface area contributed by atoms with Crippen molar-refractivity contribution >= 4 is 34.8 Å². The average Bonchev–Trinajstić information content (AvgIpc) is 2.55. The second-order valence-corrected chi connectivity index (χ2v) is 6.53. The van der Waals surface area contributed by atoms with Crippen LogP contribution in [0.5, 0.6) is 5.88 Å². The van der Waals surface area contributed by atoms with Gasteiger partial charge in [-0.1, -0.05) is 29.8 Å². The molecule has 0 spiro atoms. The third-order valence-corrected chi connectivity index (χ3v) is 4.36. The van der Waals surface area contributed by atoms with Gasteiger partial charge in [-0.05, 0) is 30.8 Å². The fourth-order valence-electron chi connectivity index (χ4n) is 1.98. The molecule has 0 fully saturated rings. The minimum absolute atomic E-state index is 0.585. The largest absolute Gasteiger partial charge is 0.481 e. The van der Waals surface area contributed by atoms with E-state index in [0.717, 1.165) is 23.7 Å². The summed E-state index contributed by atoms with van der Waals surface area (Å²) in [5.41, 5.74) is 3.51. The lowest BCUT2D eigenvalue weighted by atomic mass is 10.2. The van der Waals surface area contributed by atoms with Crippen LogP contribution in [0.2, 0.25) is 0 Å². The molecular formula is C17H21N3OS2. The zero-order valence-corrected chi connectivity index (χ0v) is 15.0. The van der Waals surface area contributed by atoms with Gasteiger partial charge in [0.2, 0.25) is 5.88 Å². The van der Waals surface area contributed by atoms with Crippen molar-refractivity contribution in [2.75, 3.05) is 24.7 Å². The lowest BCUT2D eigenvalue weighted by Gasteiger charge is -2.10. The maximum absolute atomic E-state index is 5.27. The third kappa shape index (κ3) is 6.46. The molecule has 0 aliphatic rings. The van der Waals surface area contributed by atoms with E-state index in [1.807, 2.05) is 17.8 Å². The summed E-state index contributed by atoms with van der Waals surface area (Å²) in [7, 11) is 1.59. The van der Waals surface area contributed by atoms with Crippen LogP contribution in [0.4, 0.5) is 5.69 Å². The molecule has 1 aromatic heterocycles. The van der Waals surface area contributed by atoms with Gasteiger partial charge >= 0.3 is 0 Å². The van der Waals surface area contributed by atoms with Gasteiger partial charge in [0, 0.05) is 24.1 Å². The van der Waals surface area contributed by atoms with Crippen LogP contribution in [0.15, 0.2) is 42.6 Å². The fourth-order valence-corrected chi connectivity index (χ4v) is 3.00. The number of methoxy groups -OCH3 is 1. The summed E-state index contributed by atoms with van der Waals surface area (Å²) in [5.74, 6) is 2.60. The highest BCUT2D eigenvalue weighted by molar-refractivity contribution is 7.98. The van der Waals surface area contributed by atoms with Gasteiger partial charge in [0.05, 0.1) is 19.0 Å². The number of hydrogen-bond acceptors (Lipinski definition) is 4. The summed E-state index contributed by atoms with van der Waals surface area (Å²) in [6, 6.07) is 12.3. The van der Waals surface area contributed by atoms with Crippen molar-refractivity contribution in [3.63, 3.8) is 0 Å². The van der Waals surface area contributed by atoms with Crippen molar-refractivity contribution < 1.29 is 4.74 Å². The van der Waals surface area contributed by atoms with Crippen LogP contribution < -0.4 is 15.4 Å². The number of thioether (sulfide) groups is 1. The van der Waals surface area contributed by atoms with Gasteiger partial charge in [0.1, 0.15) is 0 Å². The Balaban J connectivity index is 1.62. The Labute approximate surface area is 147 Å². The Kier molecular flexibility index (Phi) is 7.16. The van der Waals surface area contributed by atoms with E-state index in [1.54, 1.807) is 19.4 Å². The molecule has 2 N–H and O–H groups in total. The predicted octanol–water partition coefficient (Wildman–Crippen LogP) is 3.62. The van der Waals surface area contributed by atoms with Crippen molar-refractivity contribution in [1.29, 1.82) is 0 Å². The van der Waals surface area contributed by atoms with E-state index in [0.29, 0.717) is 11.0 Å². The van der Waals surface area contributed by atoms with Crippen LogP contribution in [0.1, 0.15) is 11.1 Å². The maximum Gasteiger partial charge on any atom is 0.213 e. The van der Waals surface area contributed by atoms with Crippen molar-refractivity contribution in [2.45, 2.75) is 12.7 Å². The maximum atomic E-state index is 5.27. The summed E-state index contributed by atoms with van der Waals surface area (Å²) in [4.78, 5) is 4.12. The SMILES string of the molecule is COc1ccc(NC(=S)NCCSCc2cccc(C)c2)cn1. The molecule has 0 amide bonds. The summed E-state index contributed by atoms with van der Waals surface area (Å²) in [6.07, 6.45) is 1.69. The monoisotopic (exact) mass is 347 g/mol. The predicted molar refractivity (Wildman–Crippen MR) is 102 cm³/mol. The van der Waals surface area contributed by atoms with E-state index in [1.165, 1.54) is 11.1 Å². The van der Waals surface area contributed by atoms with E-state index in [-0.39, 0.29) is 0 Å². The van der Waals surface area contributed by atoms with Crippen LogP contribution in [-0.2, 0) is 5.75 Å². The van der Waals surface area contributed by atoms with Crippen molar-refractivity contribution in [2.24, 2.45) is 0 Å². The number of nitrogens with one attached hydrogen (secondary N) is 2. The molecule has 0 aliphatic carbocycles. The van der Waals surface area contributed by atoms with Crippen molar-refractivity contribution in [1.82, 2.24) is 10.3 Å². The molecule has 0 aliphatic heterocycles. The number of hydrogen-bond donors (Lipinski definition) is 2. The first kappa shape index (κ1) is 17.6. The van der Waals surface area contributed by atoms with Crippen LogP contribution in [0.3, 0.4) is 0 Å². The number of nitrogens with zero attached hydrogens (tertiary/aromatic N) is 1. The topological polar surface area (TPSA) is 46.2 Å². The molecule has 1 aromatic carbocycles. The number of rotatable bonds is 7. The lowest BCUT2D eigenvalue weighted by molar-refractivity contribution is 0.398. The molecule has 23 heavy (non-hydrogen) atoms. The molecule has 4 nitrogen and oxygen atoms in total. The van der Waals surface area contributed by atoms with E-state index >= 15 is 0 Å². The summed E-state index contributed by atoms with van der Waals surface area (Å²) in [6.45, 7) is 2.94. The molecule has 0 saturated heterocycles. The molecule has 0 unspecified atom stereocenters. The minimum atomic E-state index is 0.585. The first-order valence-corrected chi connectivity index (χ1v) is 8.92. The molecule has 1 heterocycles. The van der Waals surface area contributed by atoms with Gasteiger partial charge in [-0.25, -0.2) is 4.98 Å². The van der Waals surface area contributed by atoms with E-state index < -0.39 is 0 Å². The number of ether oxygens (including phenoxy) is 1. The average molecular weight is 348 g/mol. The zero-order chi connectivity index (χ0) is 16.5. The van der Waals surface area contributed by atoms with E-state index in [9.17, 15) is 0 Å². The Morgan fingerprint density at radius 2 is 2.17 bits per heavy atom. The highest BCUT2D eigenvalue weighted by Gasteiger charge is 1.99. The van der Waals surface area contributed by atoms with Crippen LogP contribution in [0.25, 0.3) is 0 Å². The Bertz CT molecular complexity index is 632. The number of anilines is 1. The van der Waals surface area contributed by atoms with Gasteiger partial charge in [0.15, 0.2) is 5.11 Å². The fraction of sp³-hybridized carbons (Fsp3) is 0.294. The lowest BCUT2D eigenvalue weighted by Crippen LogP contribution is -2.30. The standard InChI is InChI=1S/C17H21N3OS2/c1-13-4-3-5-14(10-13)12-23-9-8-18-17(22)20-15-6-7-16(21-2)19-11-15/h3-7,10-11H,8-9,12H2,1-2H3,(H2,18,20,22). The van der Waals surface area contributed by atoms with Crippen LogP contribution in [0, 0.1) is 6.92 Å². The molecule has 2 aromatic rings. The molecule has 0 radical (unpaired) electrons. The molecule has 2 rings (SSSR count). The van der Waals surface area contributed by atoms with Crippen LogP contribution >= 0.6 is 24.0 Å². The second kappa shape index (κ2) is 9.37. The second-order valence-electron chi connectivity index (χ2n) is 5.01. The first-order chi connectivity index (χ1) is 11.2. The quantitative estimate of drug-likeness (QED) is 0.589. The zero-order valence-electron chi connectivity index (χ0n) is 13.3. The smallest absolute Gasteiger partial charge is 0.213 e. The van der Waals surface area contributed by atoms with E-state index in [2.05, 4.69) is 46.8 Å². The van der Waals surface area contributed by atoms with Gasteiger partial charge in [-0.2, -0.15) is 11.8 Å². The van der Waals surface area contributed by atoms with Crippen LogP contribution in [-0.4, -0.2) is 29.5 Å². The van der Waals surface area contributed by atoms with Gasteiger partial charge in [0.25, 0.3) is 0 Å². The van der Waals surface area contributed by atoms with E-state index in [4.69, 9.17) is 17.0 Å². The van der Waals surface area contributed by atoms with Gasteiger partial charge in [-0.3, -0.25) is 0 Å². The number of benzene rings is 1. The summed E-state index contributed by atoms with van der Waals surface area (Å²) in [5, 5.41) is 6.90. The molecule has 0 bridgehead atoms.